The number of nitrogens with two attached hydrogens (primary N) is 1. The smallest absolute Gasteiger partial charge is 0.261 e. The van der Waals surface area contributed by atoms with E-state index in [1.54, 1.807) is 0 Å². The first kappa shape index (κ1) is 15.4. The summed E-state index contributed by atoms with van der Waals surface area (Å²) in [5.41, 5.74) is 5.61. The molecule has 0 aromatic carbocycles. The third-order valence-corrected chi connectivity index (χ3v) is 5.98. The number of halogens is 2. The molecule has 0 unspecified atom stereocenters. The summed E-state index contributed by atoms with van der Waals surface area (Å²) in [5.74, 6) is -0.0158. The Hall–Kier alpha value is -1.00. The van der Waals surface area contributed by atoms with Crippen molar-refractivity contribution in [2.75, 3.05) is 30.8 Å². The molecular formula is C10H15F2N3O3S2. The van der Waals surface area contributed by atoms with Gasteiger partial charge in [-0.2, -0.15) is 4.37 Å². The fourth-order valence-corrected chi connectivity index (χ4v) is 4.55. The first-order chi connectivity index (χ1) is 9.43. The van der Waals surface area contributed by atoms with Crippen molar-refractivity contribution in [3.63, 3.8) is 0 Å². The monoisotopic (exact) mass is 327 g/mol. The molecule has 0 aliphatic heterocycles. The Balaban J connectivity index is 1.96. The number of hydrogen-bond acceptors (Lipinski definition) is 7. The molecular weight excluding hydrogens is 312 g/mol. The molecule has 0 amide bonds. The average molecular weight is 327 g/mol. The number of nitrogen functional groups attached to an aromatic ring is 1. The molecule has 0 atom stereocenters. The van der Waals surface area contributed by atoms with Crippen molar-refractivity contribution >= 4 is 32.2 Å². The summed E-state index contributed by atoms with van der Waals surface area (Å²) in [7, 11) is -3.44. The van der Waals surface area contributed by atoms with Crippen LogP contribution in [0.3, 0.4) is 0 Å². The number of nitrogens with zero attached hydrogens (tertiary/aromatic N) is 1. The van der Waals surface area contributed by atoms with Gasteiger partial charge in [-0.25, -0.2) is 17.2 Å². The fraction of sp³-hybridized carbons (Fsp3) is 0.700. The maximum Gasteiger partial charge on any atom is 0.261 e. The molecule has 20 heavy (non-hydrogen) atoms. The maximum atomic E-state index is 12.2. The van der Waals surface area contributed by atoms with Crippen LogP contribution < -0.4 is 11.1 Å². The lowest BCUT2D eigenvalue weighted by molar-refractivity contribution is 0.0215. The Bertz CT molecular complexity index is 558. The standard InChI is InChI=1S/C10H15F2N3O3S2/c11-7(12)5-18-4-3-14-10-8(9(13)15-19-10)20(16,17)6-1-2-6/h6-7,14H,1-5H2,(H2,13,15). The molecule has 1 aromatic heterocycles. The lowest BCUT2D eigenvalue weighted by atomic mass is 10.5. The minimum absolute atomic E-state index is 0.0158. The normalized spacial score (nSPS) is 15.8. The van der Waals surface area contributed by atoms with Crippen LogP contribution in [0.25, 0.3) is 0 Å². The van der Waals surface area contributed by atoms with E-state index in [9.17, 15) is 17.2 Å². The molecule has 1 saturated carbocycles. The SMILES string of the molecule is Nc1nsc(NCCOCC(F)F)c1S(=O)(=O)C1CC1. The van der Waals surface area contributed by atoms with Gasteiger partial charge in [0.15, 0.2) is 15.7 Å². The quantitative estimate of drug-likeness (QED) is 0.700. The van der Waals surface area contributed by atoms with Crippen molar-refractivity contribution in [3.8, 4) is 0 Å². The molecule has 3 N–H and O–H groups in total. The van der Waals surface area contributed by atoms with Crippen molar-refractivity contribution < 1.29 is 21.9 Å². The van der Waals surface area contributed by atoms with Crippen LogP contribution in [0.5, 0.6) is 0 Å². The second-order valence-electron chi connectivity index (χ2n) is 4.36. The topological polar surface area (TPSA) is 94.3 Å². The third-order valence-electron chi connectivity index (χ3n) is 2.70. The molecule has 1 aliphatic carbocycles. The molecule has 0 bridgehead atoms. The number of aromatic nitrogens is 1. The Labute approximate surface area is 119 Å². The van der Waals surface area contributed by atoms with E-state index in [0.717, 1.165) is 11.5 Å². The number of nitrogens with one attached hydrogen (secondary N) is 1. The van der Waals surface area contributed by atoms with Crippen LogP contribution in [0, 0.1) is 0 Å². The van der Waals surface area contributed by atoms with Gasteiger partial charge in [-0.05, 0) is 24.4 Å². The first-order valence-electron chi connectivity index (χ1n) is 6.01. The Kier molecular flexibility index (Phi) is 4.76. The van der Waals surface area contributed by atoms with Gasteiger partial charge in [-0.15, -0.1) is 0 Å². The summed E-state index contributed by atoms with van der Waals surface area (Å²) in [4.78, 5) is 0.0267. The lowest BCUT2D eigenvalue weighted by Crippen LogP contribution is -2.15. The van der Waals surface area contributed by atoms with Crippen molar-refractivity contribution in [1.82, 2.24) is 4.37 Å². The highest BCUT2D eigenvalue weighted by molar-refractivity contribution is 7.92. The summed E-state index contributed by atoms with van der Waals surface area (Å²) in [5, 5.41) is 2.79. The Morgan fingerprint density at radius 2 is 2.20 bits per heavy atom. The summed E-state index contributed by atoms with van der Waals surface area (Å²) in [6.45, 7) is -0.383. The highest BCUT2D eigenvalue weighted by atomic mass is 32.2. The predicted molar refractivity (Wildman–Crippen MR) is 72.0 cm³/mol. The summed E-state index contributed by atoms with van der Waals surface area (Å²) in [6, 6.07) is 0. The van der Waals surface area contributed by atoms with Gasteiger partial charge in [0.05, 0.1) is 11.9 Å². The van der Waals surface area contributed by atoms with Crippen LogP contribution >= 0.6 is 11.5 Å². The molecule has 1 aliphatic rings. The minimum atomic E-state index is -3.44. The number of alkyl halides is 2. The fourth-order valence-electron chi connectivity index (χ4n) is 1.64. The van der Waals surface area contributed by atoms with E-state index < -0.39 is 22.9 Å². The molecule has 0 radical (unpaired) electrons. The number of anilines is 2. The lowest BCUT2D eigenvalue weighted by Gasteiger charge is -2.08. The van der Waals surface area contributed by atoms with Crippen LogP contribution in [0.4, 0.5) is 19.6 Å². The Morgan fingerprint density at radius 3 is 2.80 bits per heavy atom. The van der Waals surface area contributed by atoms with Crippen LogP contribution in [0.1, 0.15) is 12.8 Å². The highest BCUT2D eigenvalue weighted by Gasteiger charge is 2.40. The van der Waals surface area contributed by atoms with E-state index in [2.05, 4.69) is 9.69 Å². The molecule has 6 nitrogen and oxygen atoms in total. The highest BCUT2D eigenvalue weighted by Crippen LogP contribution is 2.40. The van der Waals surface area contributed by atoms with E-state index in [4.69, 9.17) is 10.5 Å². The summed E-state index contributed by atoms with van der Waals surface area (Å²) >= 11 is 0.944. The average Bonchev–Trinajstić information content (AvgIpc) is 3.14. The zero-order chi connectivity index (χ0) is 14.8. The molecule has 114 valence electrons. The van der Waals surface area contributed by atoms with Crippen LogP contribution in [0.2, 0.25) is 0 Å². The maximum absolute atomic E-state index is 12.2. The molecule has 0 spiro atoms. The van der Waals surface area contributed by atoms with E-state index in [1.807, 2.05) is 0 Å². The second-order valence-corrected chi connectivity index (χ2v) is 7.30. The van der Waals surface area contributed by atoms with E-state index in [0.29, 0.717) is 17.8 Å². The van der Waals surface area contributed by atoms with Gasteiger partial charge in [0.2, 0.25) is 0 Å². The number of ether oxygens (including phenoxy) is 1. The van der Waals surface area contributed by atoms with Gasteiger partial charge < -0.3 is 15.8 Å². The van der Waals surface area contributed by atoms with Crippen LogP contribution in [-0.2, 0) is 14.6 Å². The molecule has 1 heterocycles. The van der Waals surface area contributed by atoms with Gasteiger partial charge in [-0.1, -0.05) is 0 Å². The summed E-state index contributed by atoms with van der Waals surface area (Å²) in [6.07, 6.45) is -1.25. The predicted octanol–water partition coefficient (Wildman–Crippen LogP) is 1.35. The molecule has 0 saturated heterocycles. The Morgan fingerprint density at radius 1 is 1.50 bits per heavy atom. The van der Waals surface area contributed by atoms with Gasteiger partial charge in [0.25, 0.3) is 6.43 Å². The molecule has 10 heteroatoms. The number of hydrogen-bond donors (Lipinski definition) is 2. The van der Waals surface area contributed by atoms with Gasteiger partial charge in [-0.3, -0.25) is 0 Å². The van der Waals surface area contributed by atoms with Crippen molar-refractivity contribution in [1.29, 1.82) is 0 Å². The zero-order valence-electron chi connectivity index (χ0n) is 10.5. The van der Waals surface area contributed by atoms with Gasteiger partial charge in [0.1, 0.15) is 16.5 Å². The largest absolute Gasteiger partial charge is 0.382 e. The molecule has 2 rings (SSSR count). The van der Waals surface area contributed by atoms with Gasteiger partial charge in [0, 0.05) is 6.54 Å². The third kappa shape index (κ3) is 3.55. The molecule has 1 aromatic rings. The molecule has 1 fully saturated rings. The number of rotatable bonds is 8. The van der Waals surface area contributed by atoms with Crippen molar-refractivity contribution in [2.24, 2.45) is 0 Å². The summed E-state index contributed by atoms with van der Waals surface area (Å²) < 4.78 is 56.6. The van der Waals surface area contributed by atoms with E-state index >= 15 is 0 Å². The van der Waals surface area contributed by atoms with E-state index in [-0.39, 0.29) is 29.1 Å². The van der Waals surface area contributed by atoms with Crippen LogP contribution in [-0.4, -0.2) is 44.2 Å². The van der Waals surface area contributed by atoms with Crippen molar-refractivity contribution in [3.05, 3.63) is 0 Å². The minimum Gasteiger partial charge on any atom is -0.382 e. The second kappa shape index (κ2) is 6.19. The van der Waals surface area contributed by atoms with E-state index in [1.165, 1.54) is 0 Å². The van der Waals surface area contributed by atoms with Gasteiger partial charge >= 0.3 is 0 Å². The number of sulfone groups is 1. The zero-order valence-corrected chi connectivity index (χ0v) is 12.1. The van der Waals surface area contributed by atoms with Crippen molar-refractivity contribution in [2.45, 2.75) is 29.4 Å². The first-order valence-corrected chi connectivity index (χ1v) is 8.33. The van der Waals surface area contributed by atoms with Crippen LogP contribution in [0.15, 0.2) is 4.90 Å².